The molecule has 0 radical (unpaired) electrons. The van der Waals surface area contributed by atoms with Crippen LogP contribution in [-0.4, -0.2) is 33.6 Å². The lowest BCUT2D eigenvalue weighted by molar-refractivity contribution is -0.114. The summed E-state index contributed by atoms with van der Waals surface area (Å²) in [5, 5.41) is 13.7. The molecular formula is C17H22N2O2S. The van der Waals surface area contributed by atoms with Crippen LogP contribution in [0.15, 0.2) is 41.6 Å². The van der Waals surface area contributed by atoms with Crippen LogP contribution in [0.5, 0.6) is 0 Å². The first-order valence-corrected chi connectivity index (χ1v) is 7.89. The van der Waals surface area contributed by atoms with Crippen LogP contribution in [0.3, 0.4) is 0 Å². The molecule has 0 spiro atoms. The van der Waals surface area contributed by atoms with Gasteiger partial charge in [0.1, 0.15) is 0 Å². The van der Waals surface area contributed by atoms with Gasteiger partial charge < -0.3 is 15.3 Å². The quantitative estimate of drug-likeness (QED) is 0.817. The van der Waals surface area contributed by atoms with Gasteiger partial charge in [-0.3, -0.25) is 4.79 Å². The number of benzene rings is 1. The van der Waals surface area contributed by atoms with Crippen LogP contribution < -0.4 is 5.32 Å². The van der Waals surface area contributed by atoms with Crippen molar-refractivity contribution in [1.29, 1.82) is 0 Å². The van der Waals surface area contributed by atoms with E-state index in [4.69, 9.17) is 12.2 Å². The first-order chi connectivity index (χ1) is 10.5. The average Bonchev–Trinajstić information content (AvgIpc) is 2.50. The molecule has 0 saturated carbocycles. The maximum absolute atomic E-state index is 12.2. The van der Waals surface area contributed by atoms with Gasteiger partial charge in [-0.2, -0.15) is 0 Å². The van der Waals surface area contributed by atoms with Gasteiger partial charge in [0.05, 0.1) is 18.7 Å². The molecule has 5 heteroatoms. The fourth-order valence-electron chi connectivity index (χ4n) is 2.69. The fraction of sp³-hybridized carbons (Fsp3) is 0.412. The van der Waals surface area contributed by atoms with Crippen LogP contribution in [-0.2, 0) is 4.79 Å². The highest BCUT2D eigenvalue weighted by Gasteiger charge is 2.32. The molecular weight excluding hydrogens is 296 g/mol. The lowest BCUT2D eigenvalue weighted by Gasteiger charge is -2.38. The molecule has 0 aromatic heterocycles. The Labute approximate surface area is 136 Å². The number of allylic oxidation sites excluding steroid dienone is 1. The summed E-state index contributed by atoms with van der Waals surface area (Å²) in [4.78, 5) is 14.0. The van der Waals surface area contributed by atoms with Gasteiger partial charge in [-0.15, -0.1) is 0 Å². The summed E-state index contributed by atoms with van der Waals surface area (Å²) < 4.78 is 0. The molecule has 1 aromatic rings. The maximum Gasteiger partial charge on any atom is 0.174 e. The minimum atomic E-state index is -0.476. The van der Waals surface area contributed by atoms with Crippen LogP contribution >= 0.6 is 12.2 Å². The molecule has 2 rings (SSSR count). The first kappa shape index (κ1) is 16.6. The number of carbonyl (C=O) groups excluding carboxylic acids is 1. The Morgan fingerprint density at radius 3 is 2.59 bits per heavy atom. The van der Waals surface area contributed by atoms with Gasteiger partial charge in [0, 0.05) is 11.3 Å². The molecule has 2 N–H and O–H groups in total. The van der Waals surface area contributed by atoms with E-state index >= 15 is 0 Å². The number of nitrogens with one attached hydrogen (secondary N) is 1. The Morgan fingerprint density at radius 1 is 1.41 bits per heavy atom. The number of ketones is 1. The SMILES string of the molecule is CCC(O)CN1C(=S)NC(c2ccccc2)C(C(C)=O)=C1C. The predicted octanol–water partition coefficient (Wildman–Crippen LogP) is 2.55. The molecule has 2 unspecified atom stereocenters. The van der Waals surface area contributed by atoms with Crippen molar-refractivity contribution in [2.75, 3.05) is 6.54 Å². The van der Waals surface area contributed by atoms with E-state index in [-0.39, 0.29) is 11.8 Å². The Bertz CT molecular complexity index is 598. The van der Waals surface area contributed by atoms with E-state index in [1.807, 2.05) is 49.1 Å². The van der Waals surface area contributed by atoms with E-state index in [1.165, 1.54) is 0 Å². The van der Waals surface area contributed by atoms with Gasteiger partial charge in [0.25, 0.3) is 0 Å². The zero-order valence-corrected chi connectivity index (χ0v) is 14.0. The van der Waals surface area contributed by atoms with Crippen molar-refractivity contribution in [3.05, 3.63) is 47.2 Å². The normalized spacial score (nSPS) is 19.9. The number of carbonyl (C=O) groups is 1. The third-order valence-electron chi connectivity index (χ3n) is 3.97. The van der Waals surface area contributed by atoms with Crippen molar-refractivity contribution in [1.82, 2.24) is 10.2 Å². The highest BCUT2D eigenvalue weighted by atomic mass is 32.1. The Kier molecular flexibility index (Phi) is 5.32. The van der Waals surface area contributed by atoms with Crippen molar-refractivity contribution >= 4 is 23.1 Å². The van der Waals surface area contributed by atoms with Gasteiger partial charge in [0.15, 0.2) is 10.9 Å². The second-order valence-corrected chi connectivity index (χ2v) is 5.91. The number of nitrogens with zero attached hydrogens (tertiary/aromatic N) is 1. The number of hydrogen-bond donors (Lipinski definition) is 2. The van der Waals surface area contributed by atoms with Crippen LogP contribution in [0.1, 0.15) is 38.8 Å². The van der Waals surface area contributed by atoms with Crippen LogP contribution in [0.2, 0.25) is 0 Å². The summed E-state index contributed by atoms with van der Waals surface area (Å²) in [6.07, 6.45) is 0.167. The lowest BCUT2D eigenvalue weighted by atomic mass is 9.92. The van der Waals surface area contributed by atoms with E-state index < -0.39 is 6.10 Å². The van der Waals surface area contributed by atoms with E-state index in [2.05, 4.69) is 5.32 Å². The second kappa shape index (κ2) is 7.03. The highest BCUT2D eigenvalue weighted by Crippen LogP contribution is 2.31. The number of thiocarbonyl (C=S) groups is 1. The minimum absolute atomic E-state index is 0.0114. The van der Waals surface area contributed by atoms with E-state index in [1.54, 1.807) is 6.92 Å². The second-order valence-electron chi connectivity index (χ2n) is 5.52. The van der Waals surface area contributed by atoms with E-state index in [0.717, 1.165) is 11.3 Å². The molecule has 1 aromatic carbocycles. The molecule has 4 nitrogen and oxygen atoms in total. The molecule has 22 heavy (non-hydrogen) atoms. The summed E-state index contributed by atoms with van der Waals surface area (Å²) in [6, 6.07) is 9.56. The molecule has 1 heterocycles. The smallest absolute Gasteiger partial charge is 0.174 e. The Morgan fingerprint density at radius 2 is 2.05 bits per heavy atom. The average molecular weight is 318 g/mol. The number of Topliss-reactive ketones (excluding diaryl/α,β-unsaturated/α-hetero) is 1. The van der Waals surface area contributed by atoms with Crippen LogP contribution in [0, 0.1) is 0 Å². The van der Waals surface area contributed by atoms with Crippen LogP contribution in [0.4, 0.5) is 0 Å². The monoisotopic (exact) mass is 318 g/mol. The molecule has 0 amide bonds. The van der Waals surface area contributed by atoms with Crippen molar-refractivity contribution in [3.8, 4) is 0 Å². The van der Waals surface area contributed by atoms with Crippen molar-refractivity contribution in [3.63, 3.8) is 0 Å². The first-order valence-electron chi connectivity index (χ1n) is 7.48. The van der Waals surface area contributed by atoms with E-state index in [0.29, 0.717) is 23.7 Å². The molecule has 0 saturated heterocycles. The summed E-state index contributed by atoms with van der Waals surface area (Å²) in [7, 11) is 0. The zero-order chi connectivity index (χ0) is 16.3. The molecule has 1 aliphatic rings. The summed E-state index contributed by atoms with van der Waals surface area (Å²) in [6.45, 7) is 5.77. The molecule has 1 aliphatic heterocycles. The van der Waals surface area contributed by atoms with Gasteiger partial charge >= 0.3 is 0 Å². The zero-order valence-electron chi connectivity index (χ0n) is 13.2. The molecule has 2 atom stereocenters. The number of hydrogen-bond acceptors (Lipinski definition) is 3. The number of β-amino-alcohol motifs (C(OH)–C–C–N with tert-alkyl or cyclic N) is 1. The summed E-state index contributed by atoms with van der Waals surface area (Å²) in [5.74, 6) is 0.0114. The largest absolute Gasteiger partial charge is 0.391 e. The lowest BCUT2D eigenvalue weighted by Crippen LogP contribution is -2.49. The number of aliphatic hydroxyl groups is 1. The molecule has 118 valence electrons. The van der Waals surface area contributed by atoms with Gasteiger partial charge in [-0.05, 0) is 38.0 Å². The Balaban J connectivity index is 2.43. The summed E-state index contributed by atoms with van der Waals surface area (Å²) in [5.41, 5.74) is 2.52. The third kappa shape index (κ3) is 3.36. The van der Waals surface area contributed by atoms with Crippen molar-refractivity contribution in [2.45, 2.75) is 39.3 Å². The summed E-state index contributed by atoms with van der Waals surface area (Å²) >= 11 is 5.45. The number of aliphatic hydroxyl groups excluding tert-OH is 1. The highest BCUT2D eigenvalue weighted by molar-refractivity contribution is 7.80. The topological polar surface area (TPSA) is 52.6 Å². The third-order valence-corrected chi connectivity index (χ3v) is 4.31. The number of rotatable bonds is 5. The molecule has 0 aliphatic carbocycles. The van der Waals surface area contributed by atoms with Gasteiger partial charge in [-0.1, -0.05) is 37.3 Å². The predicted molar refractivity (Wildman–Crippen MR) is 91.3 cm³/mol. The standard InChI is InChI=1S/C17H22N2O2S/c1-4-14(21)10-19-11(2)15(12(3)20)16(18-17(19)22)13-8-6-5-7-9-13/h5-9,14,16,21H,4,10H2,1-3H3,(H,18,22). The Hall–Kier alpha value is -1.72. The van der Waals surface area contributed by atoms with Gasteiger partial charge in [-0.25, -0.2) is 0 Å². The molecule has 0 bridgehead atoms. The maximum atomic E-state index is 12.2. The van der Waals surface area contributed by atoms with Gasteiger partial charge in [0.2, 0.25) is 0 Å². The fourth-order valence-corrected chi connectivity index (χ4v) is 3.02. The minimum Gasteiger partial charge on any atom is -0.391 e. The van der Waals surface area contributed by atoms with E-state index in [9.17, 15) is 9.90 Å². The van der Waals surface area contributed by atoms with Crippen molar-refractivity contribution < 1.29 is 9.90 Å². The van der Waals surface area contributed by atoms with Crippen molar-refractivity contribution in [2.24, 2.45) is 0 Å². The van der Waals surface area contributed by atoms with Crippen LogP contribution in [0.25, 0.3) is 0 Å². The molecule has 0 fully saturated rings.